The molecular formula is C18H24ClNO4. The number of methoxy groups -OCH3 is 1. The van der Waals surface area contributed by atoms with Crippen LogP contribution in [-0.4, -0.2) is 32.1 Å². The van der Waals surface area contributed by atoms with Crippen LogP contribution >= 0.6 is 11.6 Å². The smallest absolute Gasteiger partial charge is 0.310 e. The first-order valence-electron chi connectivity index (χ1n) is 8.33. The Kier molecular flexibility index (Phi) is 7.37. The van der Waals surface area contributed by atoms with Crippen molar-refractivity contribution in [3.05, 3.63) is 28.8 Å². The molecule has 1 fully saturated rings. The first-order chi connectivity index (χ1) is 11.6. The number of nitrogens with one attached hydrogen (secondary N) is 1. The lowest BCUT2D eigenvalue weighted by molar-refractivity contribution is -0.147. The Morgan fingerprint density at radius 3 is 2.71 bits per heavy atom. The number of rotatable bonds is 7. The van der Waals surface area contributed by atoms with Gasteiger partial charge >= 0.3 is 5.97 Å². The van der Waals surface area contributed by atoms with E-state index < -0.39 is 5.97 Å². The van der Waals surface area contributed by atoms with E-state index in [4.69, 9.17) is 21.1 Å². The zero-order valence-corrected chi connectivity index (χ0v) is 14.7. The molecule has 1 aliphatic carbocycles. The standard InChI is InChI=1S/C18H24ClNO4/c1-23-16-8-7-15(19)9-14(16)10-18(22)24-12-17(21)20-11-13-5-3-2-4-6-13/h7-9,13H,2-6,10-12H2,1H3,(H,20,21). The zero-order chi connectivity index (χ0) is 17.4. The minimum absolute atomic E-state index is 0.0135. The number of esters is 1. The molecule has 1 aromatic rings. The van der Waals surface area contributed by atoms with Crippen LogP contribution in [0.4, 0.5) is 0 Å². The van der Waals surface area contributed by atoms with Crippen molar-refractivity contribution in [2.75, 3.05) is 20.3 Å². The molecule has 132 valence electrons. The van der Waals surface area contributed by atoms with Gasteiger partial charge in [-0.15, -0.1) is 0 Å². The summed E-state index contributed by atoms with van der Waals surface area (Å²) in [6.45, 7) is 0.410. The largest absolute Gasteiger partial charge is 0.496 e. The van der Waals surface area contributed by atoms with Gasteiger partial charge in [0, 0.05) is 17.1 Å². The van der Waals surface area contributed by atoms with Crippen LogP contribution < -0.4 is 10.1 Å². The molecule has 0 unspecified atom stereocenters. The van der Waals surface area contributed by atoms with Gasteiger partial charge < -0.3 is 14.8 Å². The Morgan fingerprint density at radius 2 is 2.00 bits per heavy atom. The van der Waals surface area contributed by atoms with Gasteiger partial charge in [-0.25, -0.2) is 0 Å². The number of halogens is 1. The molecule has 1 amide bonds. The molecule has 0 saturated heterocycles. The SMILES string of the molecule is COc1ccc(Cl)cc1CC(=O)OCC(=O)NCC1CCCCC1. The summed E-state index contributed by atoms with van der Waals surface area (Å²) in [7, 11) is 1.52. The lowest BCUT2D eigenvalue weighted by Crippen LogP contribution is -2.33. The van der Waals surface area contributed by atoms with Crippen LogP contribution in [-0.2, 0) is 20.7 Å². The summed E-state index contributed by atoms with van der Waals surface area (Å²) in [5.74, 6) is 0.377. The number of benzene rings is 1. The highest BCUT2D eigenvalue weighted by Gasteiger charge is 2.16. The molecular weight excluding hydrogens is 330 g/mol. The Bertz CT molecular complexity index is 570. The van der Waals surface area contributed by atoms with E-state index in [-0.39, 0.29) is 18.9 Å². The van der Waals surface area contributed by atoms with Gasteiger partial charge in [-0.1, -0.05) is 30.9 Å². The maximum Gasteiger partial charge on any atom is 0.310 e. The van der Waals surface area contributed by atoms with Crippen LogP contribution in [0.15, 0.2) is 18.2 Å². The lowest BCUT2D eigenvalue weighted by atomic mass is 9.89. The van der Waals surface area contributed by atoms with Gasteiger partial charge in [0.25, 0.3) is 5.91 Å². The van der Waals surface area contributed by atoms with Crippen LogP contribution in [0.2, 0.25) is 5.02 Å². The summed E-state index contributed by atoms with van der Waals surface area (Å²) in [4.78, 5) is 23.7. The zero-order valence-electron chi connectivity index (χ0n) is 14.0. The van der Waals surface area contributed by atoms with Crippen molar-refractivity contribution in [2.24, 2.45) is 5.92 Å². The highest BCUT2D eigenvalue weighted by molar-refractivity contribution is 6.30. The summed E-state index contributed by atoms with van der Waals surface area (Å²) in [5.41, 5.74) is 0.637. The van der Waals surface area contributed by atoms with Crippen LogP contribution in [0.25, 0.3) is 0 Å². The Hall–Kier alpha value is -1.75. The molecule has 0 bridgehead atoms. The molecule has 0 atom stereocenters. The van der Waals surface area contributed by atoms with Crippen LogP contribution in [0.3, 0.4) is 0 Å². The number of hydrogen-bond donors (Lipinski definition) is 1. The van der Waals surface area contributed by atoms with E-state index in [0.717, 1.165) is 12.8 Å². The molecule has 1 saturated carbocycles. The summed E-state index contributed by atoms with van der Waals surface area (Å²) in [5, 5.41) is 3.36. The van der Waals surface area contributed by atoms with E-state index in [2.05, 4.69) is 5.32 Å². The van der Waals surface area contributed by atoms with Gasteiger partial charge in [0.2, 0.25) is 0 Å². The summed E-state index contributed by atoms with van der Waals surface area (Å²) in [6, 6.07) is 5.04. The normalized spacial score (nSPS) is 14.9. The quantitative estimate of drug-likeness (QED) is 0.765. The highest BCUT2D eigenvalue weighted by Crippen LogP contribution is 2.24. The van der Waals surface area contributed by atoms with E-state index in [9.17, 15) is 9.59 Å². The van der Waals surface area contributed by atoms with Gasteiger partial charge in [0.15, 0.2) is 6.61 Å². The molecule has 0 spiro atoms. The highest BCUT2D eigenvalue weighted by atomic mass is 35.5. The number of ether oxygens (including phenoxy) is 2. The molecule has 0 radical (unpaired) electrons. The Labute approximate surface area is 147 Å². The first-order valence-corrected chi connectivity index (χ1v) is 8.71. The number of carbonyl (C=O) groups is 2. The maximum absolute atomic E-state index is 11.9. The first kappa shape index (κ1) is 18.6. The summed E-state index contributed by atoms with van der Waals surface area (Å²) in [6.07, 6.45) is 6.09. The van der Waals surface area contributed by atoms with Crippen molar-refractivity contribution < 1.29 is 19.1 Å². The fourth-order valence-corrected chi connectivity index (χ4v) is 3.13. The average Bonchev–Trinajstić information content (AvgIpc) is 2.59. The van der Waals surface area contributed by atoms with E-state index in [0.29, 0.717) is 28.8 Å². The third-order valence-corrected chi connectivity index (χ3v) is 4.49. The molecule has 1 N–H and O–H groups in total. The van der Waals surface area contributed by atoms with E-state index >= 15 is 0 Å². The molecule has 1 aromatic carbocycles. The fourth-order valence-electron chi connectivity index (χ4n) is 2.94. The van der Waals surface area contributed by atoms with E-state index in [1.54, 1.807) is 18.2 Å². The average molecular weight is 354 g/mol. The van der Waals surface area contributed by atoms with Crippen molar-refractivity contribution in [1.29, 1.82) is 0 Å². The number of carbonyl (C=O) groups excluding carboxylic acids is 2. The summed E-state index contributed by atoms with van der Waals surface area (Å²) >= 11 is 5.93. The molecule has 6 heteroatoms. The van der Waals surface area contributed by atoms with Crippen molar-refractivity contribution in [3.63, 3.8) is 0 Å². The van der Waals surface area contributed by atoms with Crippen molar-refractivity contribution in [1.82, 2.24) is 5.32 Å². The van der Waals surface area contributed by atoms with Crippen molar-refractivity contribution in [2.45, 2.75) is 38.5 Å². The molecule has 5 nitrogen and oxygen atoms in total. The van der Waals surface area contributed by atoms with Gasteiger partial charge in [-0.05, 0) is 37.0 Å². The number of hydrogen-bond acceptors (Lipinski definition) is 4. The second kappa shape index (κ2) is 9.52. The second-order valence-electron chi connectivity index (χ2n) is 6.10. The number of amides is 1. The van der Waals surface area contributed by atoms with E-state index in [1.807, 2.05) is 0 Å². The van der Waals surface area contributed by atoms with Gasteiger partial charge in [0.05, 0.1) is 13.5 Å². The van der Waals surface area contributed by atoms with Crippen molar-refractivity contribution in [3.8, 4) is 5.75 Å². The van der Waals surface area contributed by atoms with Crippen LogP contribution in [0, 0.1) is 5.92 Å². The second-order valence-corrected chi connectivity index (χ2v) is 6.54. The fraction of sp³-hybridized carbons (Fsp3) is 0.556. The molecule has 0 aliphatic heterocycles. The minimum atomic E-state index is -0.483. The maximum atomic E-state index is 11.9. The predicted octanol–water partition coefficient (Wildman–Crippen LogP) is 3.13. The molecule has 2 rings (SSSR count). The molecule has 1 aliphatic rings. The third-order valence-electron chi connectivity index (χ3n) is 4.25. The predicted molar refractivity (Wildman–Crippen MR) is 92.3 cm³/mol. The van der Waals surface area contributed by atoms with Gasteiger partial charge in [-0.2, -0.15) is 0 Å². The Morgan fingerprint density at radius 1 is 1.25 bits per heavy atom. The lowest BCUT2D eigenvalue weighted by Gasteiger charge is -2.21. The topological polar surface area (TPSA) is 64.6 Å². The minimum Gasteiger partial charge on any atom is -0.496 e. The van der Waals surface area contributed by atoms with Crippen LogP contribution in [0.1, 0.15) is 37.7 Å². The monoisotopic (exact) mass is 353 g/mol. The molecule has 0 aromatic heterocycles. The van der Waals surface area contributed by atoms with Crippen molar-refractivity contribution >= 4 is 23.5 Å². The third kappa shape index (κ3) is 6.04. The summed E-state index contributed by atoms with van der Waals surface area (Å²) < 4.78 is 10.2. The van der Waals surface area contributed by atoms with Gasteiger partial charge in [0.1, 0.15) is 5.75 Å². The molecule has 0 heterocycles. The van der Waals surface area contributed by atoms with Crippen LogP contribution in [0.5, 0.6) is 5.75 Å². The molecule has 24 heavy (non-hydrogen) atoms. The van der Waals surface area contributed by atoms with Gasteiger partial charge in [-0.3, -0.25) is 9.59 Å². The van der Waals surface area contributed by atoms with E-state index in [1.165, 1.54) is 26.4 Å². The Balaban J connectivity index is 1.72.